The molecule has 0 radical (unpaired) electrons. The topological polar surface area (TPSA) is 71.7 Å². The van der Waals surface area contributed by atoms with Crippen LogP contribution in [0.2, 0.25) is 5.02 Å². The average Bonchev–Trinajstić information content (AvgIpc) is 3.31. The molecule has 8 heteroatoms. The molecule has 1 aromatic heterocycles. The molecule has 3 heterocycles. The van der Waals surface area contributed by atoms with Crippen LogP contribution in [0.3, 0.4) is 0 Å². The highest BCUT2D eigenvalue weighted by molar-refractivity contribution is 6.33. The van der Waals surface area contributed by atoms with Crippen molar-refractivity contribution in [2.75, 3.05) is 6.61 Å². The van der Waals surface area contributed by atoms with Crippen molar-refractivity contribution in [3.63, 3.8) is 0 Å². The second-order valence-electron chi connectivity index (χ2n) is 7.83. The summed E-state index contributed by atoms with van der Waals surface area (Å²) in [6.45, 7) is 6.22. The monoisotopic (exact) mass is 415 g/mol. The van der Waals surface area contributed by atoms with Crippen molar-refractivity contribution in [1.82, 2.24) is 19.8 Å². The Hall–Kier alpha value is -2.54. The molecule has 29 heavy (non-hydrogen) atoms. The van der Waals surface area contributed by atoms with Crippen molar-refractivity contribution in [2.45, 2.75) is 52.2 Å². The van der Waals surface area contributed by atoms with Gasteiger partial charge >= 0.3 is 0 Å². The summed E-state index contributed by atoms with van der Waals surface area (Å²) in [4.78, 5) is 22.9. The van der Waals surface area contributed by atoms with E-state index >= 15 is 0 Å². The van der Waals surface area contributed by atoms with E-state index in [0.29, 0.717) is 29.9 Å². The molecule has 1 atom stereocenters. The van der Waals surface area contributed by atoms with Crippen molar-refractivity contribution in [1.29, 1.82) is 0 Å². The van der Waals surface area contributed by atoms with Gasteiger partial charge in [0.25, 0.3) is 0 Å². The summed E-state index contributed by atoms with van der Waals surface area (Å²) in [6.07, 6.45) is 8.74. The molecule has 0 bridgehead atoms. The summed E-state index contributed by atoms with van der Waals surface area (Å²) in [5.74, 6) is 1.47. The first kappa shape index (κ1) is 19.8. The van der Waals surface area contributed by atoms with Crippen molar-refractivity contribution in [3.8, 4) is 5.75 Å². The third-order valence-electron chi connectivity index (χ3n) is 5.36. The number of hydrogen-bond donors (Lipinski definition) is 1. The minimum Gasteiger partial charge on any atom is -0.492 e. The van der Waals surface area contributed by atoms with E-state index in [2.05, 4.69) is 19.9 Å². The highest BCUT2D eigenvalue weighted by Gasteiger charge is 2.41. The van der Waals surface area contributed by atoms with Gasteiger partial charge in [0, 0.05) is 24.5 Å². The van der Waals surface area contributed by atoms with E-state index < -0.39 is 0 Å². The van der Waals surface area contributed by atoms with Crippen LogP contribution in [0.25, 0.3) is 0 Å². The third kappa shape index (κ3) is 4.10. The molecule has 0 saturated carbocycles. The Balaban J connectivity index is 1.35. The number of aliphatic imine (C=N–C) groups is 1. The number of nitrogens with one attached hydrogen (secondary N) is 1. The number of ether oxygens (including phenoxy) is 1. The van der Waals surface area contributed by atoms with Gasteiger partial charge in [0.1, 0.15) is 11.8 Å². The number of hydrogen-bond acceptors (Lipinski definition) is 5. The number of amides is 1. The van der Waals surface area contributed by atoms with Crippen LogP contribution >= 0.6 is 11.6 Å². The standard InChI is InChI=1S/C21H26ClN5O2/c1-14(2)19-20(28)25-21-24-16-6-7-17(18(22)15(16)12-27(19)21)29-11-5-3-4-9-26-10-8-23-13-26/h6-8,10,13-14,19H,3-5,9,11-12H2,1-2H3,(H,24,25,28). The smallest absolute Gasteiger partial charge is 0.249 e. The van der Waals surface area contributed by atoms with E-state index in [1.165, 1.54) is 0 Å². The van der Waals surface area contributed by atoms with Crippen LogP contribution in [0, 0.1) is 5.92 Å². The second-order valence-corrected chi connectivity index (χ2v) is 8.20. The van der Waals surface area contributed by atoms with Crippen LogP contribution in [0.5, 0.6) is 5.75 Å². The van der Waals surface area contributed by atoms with Gasteiger partial charge in [-0.2, -0.15) is 0 Å². The molecule has 1 aromatic carbocycles. The van der Waals surface area contributed by atoms with Gasteiger partial charge in [0.05, 0.1) is 30.2 Å². The number of imidazole rings is 1. The van der Waals surface area contributed by atoms with Crippen molar-refractivity contribution in [3.05, 3.63) is 41.4 Å². The lowest BCUT2D eigenvalue weighted by Crippen LogP contribution is -2.40. The van der Waals surface area contributed by atoms with Gasteiger partial charge in [-0.3, -0.25) is 10.1 Å². The summed E-state index contributed by atoms with van der Waals surface area (Å²) in [6, 6.07) is 3.55. The predicted octanol–water partition coefficient (Wildman–Crippen LogP) is 3.74. The molecule has 1 saturated heterocycles. The number of guanidine groups is 1. The highest BCUT2D eigenvalue weighted by Crippen LogP contribution is 2.40. The van der Waals surface area contributed by atoms with Crippen LogP contribution in [-0.2, 0) is 17.9 Å². The number of carbonyl (C=O) groups is 1. The lowest BCUT2D eigenvalue weighted by molar-refractivity contribution is -0.122. The molecule has 1 amide bonds. The van der Waals surface area contributed by atoms with Gasteiger partial charge in [-0.15, -0.1) is 0 Å². The quantitative estimate of drug-likeness (QED) is 0.666. The van der Waals surface area contributed by atoms with Crippen LogP contribution < -0.4 is 10.1 Å². The Morgan fingerprint density at radius 3 is 2.93 bits per heavy atom. The lowest BCUT2D eigenvalue weighted by atomic mass is 10.0. The molecular weight excluding hydrogens is 390 g/mol. The maximum Gasteiger partial charge on any atom is 0.249 e. The predicted molar refractivity (Wildman–Crippen MR) is 112 cm³/mol. The molecule has 7 nitrogen and oxygen atoms in total. The molecule has 2 aromatic rings. The fraction of sp³-hybridized carbons (Fsp3) is 0.476. The molecule has 1 fully saturated rings. The number of halogens is 1. The van der Waals surface area contributed by atoms with Crippen molar-refractivity contribution >= 4 is 29.2 Å². The zero-order chi connectivity index (χ0) is 20.4. The van der Waals surface area contributed by atoms with Crippen molar-refractivity contribution in [2.24, 2.45) is 10.9 Å². The minimum atomic E-state index is -0.224. The van der Waals surface area contributed by atoms with E-state index in [1.807, 2.05) is 43.4 Å². The number of benzene rings is 1. The maximum atomic E-state index is 12.3. The average molecular weight is 416 g/mol. The number of rotatable bonds is 8. The highest BCUT2D eigenvalue weighted by atomic mass is 35.5. The molecule has 2 aliphatic heterocycles. The second kappa shape index (κ2) is 8.45. The van der Waals surface area contributed by atoms with Gasteiger partial charge in [-0.25, -0.2) is 9.98 Å². The fourth-order valence-corrected chi connectivity index (χ4v) is 4.15. The molecule has 0 spiro atoms. The first-order chi connectivity index (χ1) is 14.0. The summed E-state index contributed by atoms with van der Waals surface area (Å²) in [5, 5.41) is 3.47. The van der Waals surface area contributed by atoms with E-state index in [9.17, 15) is 4.79 Å². The summed E-state index contributed by atoms with van der Waals surface area (Å²) < 4.78 is 8.03. The largest absolute Gasteiger partial charge is 0.492 e. The number of carbonyl (C=O) groups excluding carboxylic acids is 1. The number of aryl methyl sites for hydroxylation is 1. The number of nitrogens with zero attached hydrogens (tertiary/aromatic N) is 4. The zero-order valence-corrected chi connectivity index (χ0v) is 17.5. The Bertz CT molecular complexity index is 910. The third-order valence-corrected chi connectivity index (χ3v) is 5.77. The van der Waals surface area contributed by atoms with Crippen LogP contribution in [0.1, 0.15) is 38.7 Å². The molecular formula is C21H26ClN5O2. The fourth-order valence-electron chi connectivity index (χ4n) is 3.87. The summed E-state index contributed by atoms with van der Waals surface area (Å²) >= 11 is 6.65. The molecule has 1 N–H and O–H groups in total. The van der Waals surface area contributed by atoms with E-state index in [4.69, 9.17) is 16.3 Å². The number of aromatic nitrogens is 2. The SMILES string of the molecule is CC(C)C1C(=O)NC2=Nc3ccc(OCCCCCn4ccnc4)c(Cl)c3CN21. The maximum absolute atomic E-state index is 12.3. The van der Waals surface area contributed by atoms with Gasteiger partial charge in [-0.1, -0.05) is 25.4 Å². The van der Waals surface area contributed by atoms with Gasteiger partial charge in [-0.05, 0) is 37.3 Å². The van der Waals surface area contributed by atoms with Gasteiger partial charge < -0.3 is 14.2 Å². The normalized spacial score (nSPS) is 17.8. The van der Waals surface area contributed by atoms with Crippen LogP contribution in [0.15, 0.2) is 35.8 Å². The summed E-state index contributed by atoms with van der Waals surface area (Å²) in [7, 11) is 0. The Labute approximate surface area is 175 Å². The van der Waals surface area contributed by atoms with Crippen LogP contribution in [0.4, 0.5) is 5.69 Å². The summed E-state index contributed by atoms with van der Waals surface area (Å²) in [5.41, 5.74) is 1.70. The van der Waals surface area contributed by atoms with E-state index in [0.717, 1.165) is 37.1 Å². The van der Waals surface area contributed by atoms with Crippen LogP contribution in [-0.4, -0.2) is 39.0 Å². The lowest BCUT2D eigenvalue weighted by Gasteiger charge is -2.30. The number of unbranched alkanes of at least 4 members (excludes halogenated alkanes) is 2. The zero-order valence-electron chi connectivity index (χ0n) is 16.8. The molecule has 1 unspecified atom stereocenters. The van der Waals surface area contributed by atoms with Gasteiger partial charge in [0.15, 0.2) is 0 Å². The number of fused-ring (bicyclic) bond motifs is 2. The Morgan fingerprint density at radius 1 is 1.31 bits per heavy atom. The molecule has 4 rings (SSSR count). The molecule has 2 aliphatic rings. The van der Waals surface area contributed by atoms with Gasteiger partial charge in [0.2, 0.25) is 11.9 Å². The first-order valence-corrected chi connectivity index (χ1v) is 10.5. The Morgan fingerprint density at radius 2 is 2.17 bits per heavy atom. The van der Waals surface area contributed by atoms with E-state index in [-0.39, 0.29) is 17.9 Å². The minimum absolute atomic E-state index is 0.00477. The van der Waals surface area contributed by atoms with Crippen molar-refractivity contribution < 1.29 is 9.53 Å². The molecule has 0 aliphatic carbocycles. The first-order valence-electron chi connectivity index (χ1n) is 10.1. The van der Waals surface area contributed by atoms with E-state index in [1.54, 1.807) is 6.20 Å². The Kier molecular flexibility index (Phi) is 5.76. The molecule has 154 valence electrons.